The molecule has 0 aliphatic heterocycles. The van der Waals surface area contributed by atoms with E-state index in [0.29, 0.717) is 21.9 Å². The second kappa shape index (κ2) is 10.4. The van der Waals surface area contributed by atoms with E-state index in [1.807, 2.05) is 31.3 Å². The van der Waals surface area contributed by atoms with Crippen LogP contribution in [0.15, 0.2) is 39.2 Å². The Kier molecular flexibility index (Phi) is 7.32. The molecule has 0 radical (unpaired) electrons. The minimum atomic E-state index is -2.55. The van der Waals surface area contributed by atoms with Crippen LogP contribution in [0.1, 0.15) is 40.5 Å². The Bertz CT molecular complexity index is 1610. The Morgan fingerprint density at radius 3 is 2.48 bits per heavy atom. The van der Waals surface area contributed by atoms with Gasteiger partial charge in [-0.25, -0.2) is 4.98 Å². The van der Waals surface area contributed by atoms with Gasteiger partial charge in [0.05, 0.1) is 17.3 Å². The zero-order valence-electron chi connectivity index (χ0n) is 24.2. The number of ketones is 3. The molecule has 13 heteroatoms. The third-order valence-electron chi connectivity index (χ3n) is 8.51. The number of aromatic nitrogens is 1. The number of carbonyl (C=O) groups is 3. The third-order valence-corrected chi connectivity index (χ3v) is 9.43. The maximum Gasteiger partial charge on any atom is 0.195 e. The molecule has 1 aromatic carbocycles. The number of nitrogens with one attached hydrogen (secondary N) is 1. The van der Waals surface area contributed by atoms with Gasteiger partial charge >= 0.3 is 0 Å². The van der Waals surface area contributed by atoms with Crippen molar-refractivity contribution in [1.29, 1.82) is 0 Å². The van der Waals surface area contributed by atoms with E-state index in [1.54, 1.807) is 20.2 Å². The molecule has 42 heavy (non-hydrogen) atoms. The quantitative estimate of drug-likeness (QED) is 0.274. The Hall–Kier alpha value is -3.94. The SMILES string of the molecule is CC(=O)C1=C(O)[C@@]2(O)C(N=O)=C3C(=O)c4c(O)c(CNc5nc(C)cs5)cc(N(C)C)c4C[C@H]3C[C@H]2C(N(C)C)C1=O. The molecule has 2 aromatic rings. The summed E-state index contributed by atoms with van der Waals surface area (Å²) in [7, 11) is 6.83. The van der Waals surface area contributed by atoms with E-state index < -0.39 is 57.9 Å². The maximum absolute atomic E-state index is 14.2. The molecule has 3 aliphatic rings. The molecule has 1 aromatic heterocycles. The minimum absolute atomic E-state index is 0.0194. The first-order chi connectivity index (χ1) is 19.7. The van der Waals surface area contributed by atoms with Crippen LogP contribution in [0.2, 0.25) is 0 Å². The van der Waals surface area contributed by atoms with Gasteiger partial charge in [0.2, 0.25) is 0 Å². The molecule has 5 rings (SSSR count). The van der Waals surface area contributed by atoms with Crippen LogP contribution in [-0.2, 0) is 22.6 Å². The van der Waals surface area contributed by atoms with E-state index in [4.69, 9.17) is 0 Å². The predicted octanol–water partition coefficient (Wildman–Crippen LogP) is 2.88. The predicted molar refractivity (Wildman–Crippen MR) is 157 cm³/mol. The topological polar surface area (TPSA) is 173 Å². The number of allylic oxidation sites excluding steroid dienone is 1. The first-order valence-electron chi connectivity index (χ1n) is 13.4. The highest BCUT2D eigenvalue weighted by Crippen LogP contribution is 2.55. The summed E-state index contributed by atoms with van der Waals surface area (Å²) < 4.78 is 0. The van der Waals surface area contributed by atoms with Crippen molar-refractivity contribution in [3.05, 3.63) is 61.3 Å². The first-order valence-corrected chi connectivity index (χ1v) is 14.3. The van der Waals surface area contributed by atoms with Crippen LogP contribution in [0, 0.1) is 23.7 Å². The summed E-state index contributed by atoms with van der Waals surface area (Å²) >= 11 is 1.40. The van der Waals surface area contributed by atoms with E-state index in [2.05, 4.69) is 15.5 Å². The number of aliphatic hydroxyl groups is 2. The first kappa shape index (κ1) is 29.5. The van der Waals surface area contributed by atoms with Crippen molar-refractivity contribution in [1.82, 2.24) is 9.88 Å². The number of aryl methyl sites for hydroxylation is 1. The zero-order chi connectivity index (χ0) is 30.8. The Morgan fingerprint density at radius 2 is 1.93 bits per heavy atom. The summed E-state index contributed by atoms with van der Waals surface area (Å²) in [5.74, 6) is -5.13. The van der Waals surface area contributed by atoms with Crippen LogP contribution < -0.4 is 10.2 Å². The number of nitroso groups, excluding NO2 is 1. The molecule has 1 heterocycles. The number of thiazole rings is 1. The van der Waals surface area contributed by atoms with Crippen molar-refractivity contribution >= 4 is 39.5 Å². The van der Waals surface area contributed by atoms with Crippen LogP contribution in [0.25, 0.3) is 0 Å². The number of aromatic hydroxyl groups is 1. The minimum Gasteiger partial charge on any atom is -0.508 e. The van der Waals surface area contributed by atoms with Gasteiger partial charge in [0.25, 0.3) is 0 Å². The molecule has 4 atom stereocenters. The van der Waals surface area contributed by atoms with E-state index in [1.165, 1.54) is 16.2 Å². The molecule has 4 N–H and O–H groups in total. The average Bonchev–Trinajstić information content (AvgIpc) is 3.32. The second-order valence-corrected chi connectivity index (χ2v) is 12.4. The number of hydrogen-bond donors (Lipinski definition) is 4. The van der Waals surface area contributed by atoms with Gasteiger partial charge in [0.1, 0.15) is 22.8 Å². The lowest BCUT2D eigenvalue weighted by molar-refractivity contribution is -0.133. The molecule has 1 unspecified atom stereocenters. The van der Waals surface area contributed by atoms with Crippen molar-refractivity contribution in [3.63, 3.8) is 0 Å². The summed E-state index contributed by atoms with van der Waals surface area (Å²) in [6.07, 6.45) is 0.251. The number of Topliss-reactive ketones (excluding diaryl/α,β-unsaturated/α-hetero) is 3. The third kappa shape index (κ3) is 4.26. The number of fused-ring (bicyclic) bond motifs is 3. The molecule has 222 valence electrons. The van der Waals surface area contributed by atoms with Crippen molar-refractivity contribution in [2.75, 3.05) is 38.4 Å². The summed E-state index contributed by atoms with van der Waals surface area (Å²) in [5, 5.41) is 43.4. The van der Waals surface area contributed by atoms with Gasteiger partial charge in [-0.15, -0.1) is 16.2 Å². The molecule has 3 aliphatic carbocycles. The lowest BCUT2D eigenvalue weighted by Crippen LogP contribution is -2.62. The Morgan fingerprint density at radius 1 is 1.24 bits per heavy atom. The van der Waals surface area contributed by atoms with Gasteiger partial charge in [-0.2, -0.15) is 0 Å². The Balaban J connectivity index is 1.71. The number of nitrogens with zero attached hydrogens (tertiary/aromatic N) is 4. The van der Waals surface area contributed by atoms with Crippen LogP contribution in [0.4, 0.5) is 10.8 Å². The largest absolute Gasteiger partial charge is 0.508 e. The molecule has 0 saturated heterocycles. The van der Waals surface area contributed by atoms with Crippen LogP contribution >= 0.6 is 11.3 Å². The number of phenols is 1. The highest BCUT2D eigenvalue weighted by Gasteiger charge is 2.62. The molecule has 0 fully saturated rings. The van der Waals surface area contributed by atoms with Crippen LogP contribution in [-0.4, -0.2) is 82.4 Å². The second-order valence-electron chi connectivity index (χ2n) is 11.5. The van der Waals surface area contributed by atoms with Crippen molar-refractivity contribution < 1.29 is 29.7 Å². The molecular formula is C29H33N5O7S. The number of benzene rings is 1. The molecule has 0 saturated carbocycles. The summed E-state index contributed by atoms with van der Waals surface area (Å²) in [6, 6.07) is 0.728. The number of aliphatic hydroxyl groups excluding tert-OH is 1. The normalized spacial score (nSPS) is 25.3. The van der Waals surface area contributed by atoms with E-state index in [9.17, 15) is 34.6 Å². The lowest BCUT2D eigenvalue weighted by Gasteiger charge is -2.50. The number of phenolic OH excluding ortho intramolecular Hbond substituents is 1. The fourth-order valence-corrected chi connectivity index (χ4v) is 7.40. The molecule has 0 spiro atoms. The lowest BCUT2D eigenvalue weighted by atomic mass is 9.58. The number of anilines is 2. The number of hydrogen-bond acceptors (Lipinski definition) is 13. The smallest absolute Gasteiger partial charge is 0.195 e. The highest BCUT2D eigenvalue weighted by atomic mass is 32.1. The van der Waals surface area contributed by atoms with Crippen molar-refractivity contribution in [3.8, 4) is 5.75 Å². The van der Waals surface area contributed by atoms with E-state index in [-0.39, 0.29) is 36.3 Å². The Labute approximate surface area is 246 Å². The fraction of sp³-hybridized carbons (Fsp3) is 0.448. The van der Waals surface area contributed by atoms with Crippen molar-refractivity contribution in [2.24, 2.45) is 17.0 Å². The average molecular weight is 596 g/mol. The number of rotatable bonds is 7. The van der Waals surface area contributed by atoms with Gasteiger partial charge in [0.15, 0.2) is 28.1 Å². The molecule has 0 amide bonds. The van der Waals surface area contributed by atoms with Gasteiger partial charge in [-0.05, 0) is 63.5 Å². The summed E-state index contributed by atoms with van der Waals surface area (Å²) in [5.41, 5.74) is -1.46. The van der Waals surface area contributed by atoms with E-state index in [0.717, 1.165) is 12.6 Å². The van der Waals surface area contributed by atoms with Gasteiger partial charge in [-0.3, -0.25) is 19.3 Å². The number of carbonyl (C=O) groups excluding carboxylic acids is 3. The summed E-state index contributed by atoms with van der Waals surface area (Å²) in [4.78, 5) is 60.3. The molecule has 12 nitrogen and oxygen atoms in total. The van der Waals surface area contributed by atoms with Gasteiger partial charge in [0, 0.05) is 48.8 Å². The van der Waals surface area contributed by atoms with Crippen LogP contribution in [0.3, 0.4) is 0 Å². The van der Waals surface area contributed by atoms with Gasteiger partial charge in [-0.1, -0.05) is 0 Å². The summed E-state index contributed by atoms with van der Waals surface area (Å²) in [6.45, 7) is 3.10. The zero-order valence-corrected chi connectivity index (χ0v) is 25.0. The standard InChI is InChI=1S/C29H33N5O7S/c1-12-11-42-28(31-12)30-10-15-9-18(33(3)4)16-7-14-8-17-22(34(5)6)25(38)19(13(2)35)27(39)29(17,40)26(32-41)20(14)24(37)21(16)23(15)36/h9,11,14,17,22,36,39-40H,7-8,10H2,1-6H3,(H,30,31)/t14-,17-,22?,29-/m0/s1. The number of likely N-dealkylation sites (N-methyl/N-ethyl adjacent to an activating group) is 1. The molecular weight excluding hydrogens is 562 g/mol. The fourth-order valence-electron chi connectivity index (χ4n) is 6.71. The molecule has 0 bridgehead atoms. The highest BCUT2D eigenvalue weighted by molar-refractivity contribution is 7.13. The van der Waals surface area contributed by atoms with Gasteiger partial charge < -0.3 is 25.5 Å². The maximum atomic E-state index is 14.2. The van der Waals surface area contributed by atoms with Crippen LogP contribution in [0.5, 0.6) is 5.75 Å². The van der Waals surface area contributed by atoms with E-state index >= 15 is 0 Å². The van der Waals surface area contributed by atoms with Crippen molar-refractivity contribution in [2.45, 2.75) is 44.9 Å². The monoisotopic (exact) mass is 595 g/mol.